The first kappa shape index (κ1) is 20.5. The van der Waals surface area contributed by atoms with Gasteiger partial charge in [-0.15, -0.1) is 11.3 Å². The average molecular weight is 450 g/mol. The number of benzene rings is 1. The standard InChI is InChI=1S/C22H23N7O2S/c1-14-15(2)32-21-19(14)20(30)25-18(26-21)11-27-7-9-28(10-8-27)22(31)16-3-5-17(6-4-16)29-13-23-12-24-29/h3-6,12-13H,7-11H2,1-2H3,(H,25,26,30). The molecule has 1 aromatic carbocycles. The fourth-order valence-corrected chi connectivity index (χ4v) is 5.02. The van der Waals surface area contributed by atoms with E-state index < -0.39 is 0 Å². The van der Waals surface area contributed by atoms with Gasteiger partial charge in [0.15, 0.2) is 0 Å². The second-order valence-corrected chi connectivity index (χ2v) is 9.13. The predicted octanol–water partition coefficient (Wildman–Crippen LogP) is 2.14. The number of carbonyl (C=O) groups excluding carboxylic acids is 1. The zero-order valence-electron chi connectivity index (χ0n) is 17.9. The van der Waals surface area contributed by atoms with Crippen LogP contribution in [0.1, 0.15) is 26.6 Å². The van der Waals surface area contributed by atoms with E-state index >= 15 is 0 Å². The first-order valence-electron chi connectivity index (χ1n) is 10.4. The number of amides is 1. The van der Waals surface area contributed by atoms with Crippen molar-refractivity contribution >= 4 is 27.5 Å². The highest BCUT2D eigenvalue weighted by molar-refractivity contribution is 7.18. The normalized spacial score (nSPS) is 14.9. The molecule has 10 heteroatoms. The number of nitrogens with one attached hydrogen (secondary N) is 1. The first-order valence-corrected chi connectivity index (χ1v) is 11.3. The van der Waals surface area contributed by atoms with Gasteiger partial charge in [-0.2, -0.15) is 5.10 Å². The van der Waals surface area contributed by atoms with Crippen molar-refractivity contribution < 1.29 is 4.79 Å². The van der Waals surface area contributed by atoms with E-state index in [4.69, 9.17) is 0 Å². The number of aryl methyl sites for hydroxylation is 2. The van der Waals surface area contributed by atoms with Crippen LogP contribution in [0.2, 0.25) is 0 Å². The number of aromatic amines is 1. The largest absolute Gasteiger partial charge is 0.336 e. The van der Waals surface area contributed by atoms with Crippen LogP contribution >= 0.6 is 11.3 Å². The predicted molar refractivity (Wildman–Crippen MR) is 122 cm³/mol. The number of hydrogen-bond acceptors (Lipinski definition) is 7. The number of thiophene rings is 1. The quantitative estimate of drug-likeness (QED) is 0.512. The molecule has 0 atom stereocenters. The van der Waals surface area contributed by atoms with Crippen LogP contribution in [0.3, 0.4) is 0 Å². The summed E-state index contributed by atoms with van der Waals surface area (Å²) in [6, 6.07) is 7.37. The van der Waals surface area contributed by atoms with E-state index in [2.05, 4.69) is 25.0 Å². The third kappa shape index (κ3) is 3.82. The fourth-order valence-electron chi connectivity index (χ4n) is 3.98. The SMILES string of the molecule is Cc1sc2nc(CN3CCN(C(=O)c4ccc(-n5cncn5)cc4)CC3)[nH]c(=O)c2c1C. The van der Waals surface area contributed by atoms with E-state index in [1.165, 1.54) is 6.33 Å². The number of carbonyl (C=O) groups is 1. The van der Waals surface area contributed by atoms with Gasteiger partial charge in [0.2, 0.25) is 0 Å². The Balaban J connectivity index is 1.22. The third-order valence-electron chi connectivity index (χ3n) is 5.92. The molecule has 32 heavy (non-hydrogen) atoms. The summed E-state index contributed by atoms with van der Waals surface area (Å²) in [5.74, 6) is 0.694. The number of hydrogen-bond donors (Lipinski definition) is 1. The molecule has 0 aliphatic carbocycles. The zero-order valence-corrected chi connectivity index (χ0v) is 18.7. The molecule has 5 rings (SSSR count). The molecule has 0 radical (unpaired) electrons. The van der Waals surface area contributed by atoms with Crippen LogP contribution in [0.15, 0.2) is 41.7 Å². The zero-order chi connectivity index (χ0) is 22.2. The summed E-state index contributed by atoms with van der Waals surface area (Å²) in [5.41, 5.74) is 2.45. The van der Waals surface area contributed by atoms with Gasteiger partial charge in [0, 0.05) is 36.6 Å². The van der Waals surface area contributed by atoms with Gasteiger partial charge in [0.1, 0.15) is 23.3 Å². The lowest BCUT2D eigenvalue weighted by atomic mass is 10.1. The molecule has 1 fully saturated rings. The van der Waals surface area contributed by atoms with E-state index in [9.17, 15) is 9.59 Å². The number of aromatic nitrogens is 5. The van der Waals surface area contributed by atoms with E-state index in [1.807, 2.05) is 43.0 Å². The van der Waals surface area contributed by atoms with Gasteiger partial charge in [0.25, 0.3) is 11.5 Å². The first-order chi connectivity index (χ1) is 15.5. The van der Waals surface area contributed by atoms with Crippen molar-refractivity contribution in [2.24, 2.45) is 0 Å². The van der Waals surface area contributed by atoms with Gasteiger partial charge in [-0.25, -0.2) is 14.6 Å². The van der Waals surface area contributed by atoms with Crippen molar-refractivity contribution in [3.63, 3.8) is 0 Å². The Bertz CT molecular complexity index is 1320. The Labute approximate surface area is 188 Å². The fraction of sp³-hybridized carbons (Fsp3) is 0.318. The topological polar surface area (TPSA) is 100 Å². The molecular weight excluding hydrogens is 426 g/mol. The highest BCUT2D eigenvalue weighted by Crippen LogP contribution is 2.25. The van der Waals surface area contributed by atoms with Crippen LogP contribution in [0.4, 0.5) is 0 Å². The maximum Gasteiger partial charge on any atom is 0.259 e. The lowest BCUT2D eigenvalue weighted by Gasteiger charge is -2.34. The van der Waals surface area contributed by atoms with Crippen molar-refractivity contribution in [3.05, 3.63) is 69.1 Å². The molecule has 3 aromatic heterocycles. The molecule has 1 amide bonds. The molecule has 4 heterocycles. The van der Waals surface area contributed by atoms with Crippen LogP contribution in [-0.4, -0.2) is 66.6 Å². The third-order valence-corrected chi connectivity index (χ3v) is 7.02. The number of H-pyrrole nitrogens is 1. The van der Waals surface area contributed by atoms with Crippen molar-refractivity contribution in [2.75, 3.05) is 26.2 Å². The second-order valence-electron chi connectivity index (χ2n) is 7.93. The minimum absolute atomic E-state index is 0.0206. The summed E-state index contributed by atoms with van der Waals surface area (Å²) in [7, 11) is 0. The Morgan fingerprint density at radius 2 is 1.88 bits per heavy atom. The summed E-state index contributed by atoms with van der Waals surface area (Å²) in [6.45, 7) is 7.26. The summed E-state index contributed by atoms with van der Waals surface area (Å²) in [4.78, 5) is 43.0. The molecule has 9 nitrogen and oxygen atoms in total. The van der Waals surface area contributed by atoms with Gasteiger partial charge in [-0.3, -0.25) is 14.5 Å². The van der Waals surface area contributed by atoms with Crippen LogP contribution in [-0.2, 0) is 6.54 Å². The monoisotopic (exact) mass is 449 g/mol. The van der Waals surface area contributed by atoms with E-state index in [-0.39, 0.29) is 11.5 Å². The van der Waals surface area contributed by atoms with Crippen molar-refractivity contribution in [1.82, 2.24) is 34.5 Å². The molecule has 1 aliphatic rings. The maximum atomic E-state index is 12.9. The second kappa shape index (κ2) is 8.29. The lowest BCUT2D eigenvalue weighted by Crippen LogP contribution is -2.48. The lowest BCUT2D eigenvalue weighted by molar-refractivity contribution is 0.0625. The maximum absolute atomic E-state index is 12.9. The number of fused-ring (bicyclic) bond motifs is 1. The molecule has 0 saturated carbocycles. The molecule has 164 valence electrons. The van der Waals surface area contributed by atoms with Crippen LogP contribution in [0, 0.1) is 13.8 Å². The Morgan fingerprint density at radius 3 is 2.56 bits per heavy atom. The molecule has 0 unspecified atom stereocenters. The highest BCUT2D eigenvalue weighted by Gasteiger charge is 2.23. The number of nitrogens with zero attached hydrogens (tertiary/aromatic N) is 6. The van der Waals surface area contributed by atoms with E-state index in [0.29, 0.717) is 36.4 Å². The summed E-state index contributed by atoms with van der Waals surface area (Å²) in [5, 5.41) is 4.80. The molecule has 0 spiro atoms. The van der Waals surface area contributed by atoms with Crippen LogP contribution in [0.25, 0.3) is 15.9 Å². The smallest absolute Gasteiger partial charge is 0.259 e. The molecule has 0 bridgehead atoms. The number of piperazine rings is 1. The van der Waals surface area contributed by atoms with Gasteiger partial charge in [-0.05, 0) is 43.7 Å². The van der Waals surface area contributed by atoms with Gasteiger partial charge >= 0.3 is 0 Å². The van der Waals surface area contributed by atoms with Crippen molar-refractivity contribution in [1.29, 1.82) is 0 Å². The van der Waals surface area contributed by atoms with Gasteiger partial charge in [-0.1, -0.05) is 0 Å². The molecule has 4 aromatic rings. The number of rotatable bonds is 4. The molecule has 1 aliphatic heterocycles. The minimum Gasteiger partial charge on any atom is -0.336 e. The highest BCUT2D eigenvalue weighted by atomic mass is 32.1. The van der Waals surface area contributed by atoms with Gasteiger partial charge < -0.3 is 9.88 Å². The van der Waals surface area contributed by atoms with Crippen LogP contribution in [0.5, 0.6) is 0 Å². The summed E-state index contributed by atoms with van der Waals surface area (Å²) in [6.07, 6.45) is 3.10. The van der Waals surface area contributed by atoms with E-state index in [1.54, 1.807) is 22.3 Å². The summed E-state index contributed by atoms with van der Waals surface area (Å²) >= 11 is 1.56. The van der Waals surface area contributed by atoms with Crippen molar-refractivity contribution in [3.8, 4) is 5.69 Å². The molecule has 1 saturated heterocycles. The molecule has 1 N–H and O–H groups in total. The molecular formula is C22H23N7O2S. The minimum atomic E-state index is -0.0741. The van der Waals surface area contributed by atoms with Gasteiger partial charge in [0.05, 0.1) is 17.6 Å². The Morgan fingerprint density at radius 1 is 1.12 bits per heavy atom. The van der Waals surface area contributed by atoms with Crippen LogP contribution < -0.4 is 5.56 Å². The Hall–Kier alpha value is -3.37. The van der Waals surface area contributed by atoms with Crippen molar-refractivity contribution in [2.45, 2.75) is 20.4 Å². The Kier molecular flexibility index (Phi) is 5.32. The van der Waals surface area contributed by atoms with E-state index in [0.717, 1.165) is 34.0 Å². The average Bonchev–Trinajstić information content (AvgIpc) is 3.43. The summed E-state index contributed by atoms with van der Waals surface area (Å²) < 4.78 is 1.65.